The number of carbonyl (C=O) groups is 3. The van der Waals surface area contributed by atoms with E-state index in [2.05, 4.69) is 160 Å². The zero-order valence-corrected chi connectivity index (χ0v) is 47.1. The Balaban J connectivity index is 4.30. The van der Waals surface area contributed by atoms with Crippen molar-refractivity contribution in [3.8, 4) is 0 Å². The molecule has 0 saturated heterocycles. The van der Waals surface area contributed by atoms with Crippen LogP contribution in [0.2, 0.25) is 0 Å². The first-order chi connectivity index (χ1) is 36.1. The van der Waals surface area contributed by atoms with Gasteiger partial charge in [-0.15, -0.1) is 0 Å². The van der Waals surface area contributed by atoms with Gasteiger partial charge in [0.2, 0.25) is 0 Å². The fourth-order valence-electron chi connectivity index (χ4n) is 6.94. The number of quaternary nitrogens is 1. The molecular formula is C65H103NO8. The maximum atomic E-state index is 12.8. The number of carboxylic acids is 1. The Bertz CT molecular complexity index is 1720. The van der Waals surface area contributed by atoms with Crippen molar-refractivity contribution in [1.29, 1.82) is 0 Å². The largest absolute Gasteiger partial charge is 0.545 e. The number of likely N-dealkylation sites (N-methyl/N-ethyl adjacent to an activating group) is 1. The van der Waals surface area contributed by atoms with Crippen LogP contribution in [0.5, 0.6) is 0 Å². The molecule has 0 saturated carbocycles. The predicted octanol–water partition coefficient (Wildman–Crippen LogP) is 15.5. The highest BCUT2D eigenvalue weighted by molar-refractivity contribution is 5.70. The standard InChI is InChI=1S/C65H103NO8/c1-6-8-10-12-14-16-18-20-21-22-23-24-25-26-27-28-29-30-31-32-33-34-35-36-37-38-39-40-41-42-43-44-46-48-50-52-54-56-63(68)74-61(60-73-65(64(69)70)71-58-57-66(3,4)5)59-72-62(67)55-53-51-49-47-45-19-17-15-13-11-9-7-2/h8,10,14-17,20-21,23-24,26-27,29-30,32-33,35-36,38-39,41-42,44,46,61,65H,6-7,9,11-13,18-19,22,25,28,31,34,37,40,43,45,47-60H2,1-5H3/b10-8-,16-14-,17-15-,21-20-,24-23-,27-26-,30-29-,33-32-,36-35-,39-38-,42-41-,46-44-. The number of allylic oxidation sites excluding steroid dienone is 24. The molecule has 0 heterocycles. The number of carboxylic acid groups (broad SMARTS) is 1. The summed E-state index contributed by atoms with van der Waals surface area (Å²) in [6, 6.07) is 0. The Hall–Kier alpha value is -4.83. The van der Waals surface area contributed by atoms with Gasteiger partial charge in [0, 0.05) is 12.8 Å². The van der Waals surface area contributed by atoms with Gasteiger partial charge in [-0.25, -0.2) is 0 Å². The summed E-state index contributed by atoms with van der Waals surface area (Å²) in [5.74, 6) is -2.36. The third-order valence-corrected chi connectivity index (χ3v) is 11.3. The van der Waals surface area contributed by atoms with Crippen molar-refractivity contribution in [2.45, 2.75) is 200 Å². The molecule has 0 spiro atoms. The summed E-state index contributed by atoms with van der Waals surface area (Å²) in [7, 11) is 5.89. The lowest BCUT2D eigenvalue weighted by molar-refractivity contribution is -0.870. The monoisotopic (exact) mass is 1030 g/mol. The van der Waals surface area contributed by atoms with Crippen LogP contribution >= 0.6 is 0 Å². The molecule has 0 aromatic carbocycles. The number of rotatable bonds is 50. The van der Waals surface area contributed by atoms with E-state index in [9.17, 15) is 19.5 Å². The molecule has 0 fully saturated rings. The van der Waals surface area contributed by atoms with Gasteiger partial charge in [0.15, 0.2) is 12.4 Å². The molecule has 2 unspecified atom stereocenters. The molecule has 9 heteroatoms. The summed E-state index contributed by atoms with van der Waals surface area (Å²) in [6.07, 6.45) is 76.2. The smallest absolute Gasteiger partial charge is 0.306 e. The summed E-state index contributed by atoms with van der Waals surface area (Å²) < 4.78 is 22.6. The Morgan fingerprint density at radius 2 is 0.770 bits per heavy atom. The average Bonchev–Trinajstić information content (AvgIpc) is 3.37. The summed E-state index contributed by atoms with van der Waals surface area (Å²) >= 11 is 0. The zero-order chi connectivity index (χ0) is 54.1. The highest BCUT2D eigenvalue weighted by Gasteiger charge is 2.21. The second-order valence-electron chi connectivity index (χ2n) is 19.5. The lowest BCUT2D eigenvalue weighted by Crippen LogP contribution is -2.44. The Labute approximate surface area is 452 Å². The number of esters is 2. The fourth-order valence-corrected chi connectivity index (χ4v) is 6.94. The van der Waals surface area contributed by atoms with Crippen molar-refractivity contribution in [1.82, 2.24) is 0 Å². The van der Waals surface area contributed by atoms with Crippen LogP contribution in [0.3, 0.4) is 0 Å². The molecule has 0 aliphatic heterocycles. The van der Waals surface area contributed by atoms with Gasteiger partial charge < -0.3 is 33.3 Å². The lowest BCUT2D eigenvalue weighted by Gasteiger charge is -2.26. The van der Waals surface area contributed by atoms with Gasteiger partial charge in [-0.3, -0.25) is 9.59 Å². The molecule has 9 nitrogen and oxygen atoms in total. The predicted molar refractivity (Wildman–Crippen MR) is 310 cm³/mol. The van der Waals surface area contributed by atoms with Crippen LogP contribution in [0.1, 0.15) is 187 Å². The lowest BCUT2D eigenvalue weighted by atomic mass is 10.1. The minimum atomic E-state index is -1.64. The molecule has 416 valence electrons. The first kappa shape index (κ1) is 69.2. The van der Waals surface area contributed by atoms with E-state index in [1.807, 2.05) is 21.1 Å². The molecule has 0 aromatic rings. The van der Waals surface area contributed by atoms with Crippen LogP contribution in [-0.4, -0.2) is 82.3 Å². The molecule has 0 aromatic heterocycles. The van der Waals surface area contributed by atoms with Crippen molar-refractivity contribution in [3.05, 3.63) is 146 Å². The third-order valence-electron chi connectivity index (χ3n) is 11.3. The van der Waals surface area contributed by atoms with Crippen molar-refractivity contribution in [3.63, 3.8) is 0 Å². The van der Waals surface area contributed by atoms with Crippen LogP contribution in [-0.2, 0) is 33.3 Å². The average molecular weight is 1030 g/mol. The van der Waals surface area contributed by atoms with E-state index < -0.39 is 24.3 Å². The van der Waals surface area contributed by atoms with E-state index in [0.29, 0.717) is 17.4 Å². The Kier molecular flexibility index (Phi) is 50.9. The van der Waals surface area contributed by atoms with Gasteiger partial charge >= 0.3 is 11.9 Å². The van der Waals surface area contributed by atoms with Gasteiger partial charge in [-0.05, 0) is 122 Å². The van der Waals surface area contributed by atoms with E-state index in [4.69, 9.17) is 18.9 Å². The minimum absolute atomic E-state index is 0.132. The molecule has 0 aliphatic carbocycles. The number of hydrogen-bond acceptors (Lipinski definition) is 8. The number of ether oxygens (including phenoxy) is 4. The maximum Gasteiger partial charge on any atom is 0.306 e. The van der Waals surface area contributed by atoms with E-state index in [0.717, 1.165) is 135 Å². The van der Waals surface area contributed by atoms with Crippen LogP contribution in [0.25, 0.3) is 0 Å². The molecule has 74 heavy (non-hydrogen) atoms. The van der Waals surface area contributed by atoms with Gasteiger partial charge in [0.25, 0.3) is 0 Å². The second-order valence-corrected chi connectivity index (χ2v) is 19.5. The molecule has 0 aliphatic rings. The topological polar surface area (TPSA) is 111 Å². The first-order valence-corrected chi connectivity index (χ1v) is 28.5. The number of unbranched alkanes of at least 4 members (excludes halogenated alkanes) is 11. The summed E-state index contributed by atoms with van der Waals surface area (Å²) in [4.78, 5) is 37.1. The van der Waals surface area contributed by atoms with Crippen LogP contribution in [0.4, 0.5) is 0 Å². The normalized spacial score (nSPS) is 13.9. The van der Waals surface area contributed by atoms with Crippen LogP contribution in [0, 0.1) is 0 Å². The number of hydrogen-bond donors (Lipinski definition) is 0. The molecule has 0 radical (unpaired) electrons. The molecular weight excluding hydrogens is 923 g/mol. The Morgan fingerprint density at radius 3 is 1.18 bits per heavy atom. The van der Waals surface area contributed by atoms with E-state index >= 15 is 0 Å². The van der Waals surface area contributed by atoms with Crippen molar-refractivity contribution in [2.75, 3.05) is 47.5 Å². The molecule has 0 rings (SSSR count). The zero-order valence-electron chi connectivity index (χ0n) is 47.1. The molecule has 0 bridgehead atoms. The fraction of sp³-hybridized carbons (Fsp3) is 0.585. The second kappa shape index (κ2) is 54.4. The third kappa shape index (κ3) is 54.9. The SMILES string of the molecule is CC/C=C\C/C=C\C/C=C\C/C=C\C/C=C\C/C=C\C/C=C\C/C=C\C/C=C\C/C=C\C/C=C\CCCCCC(=O)OC(COC(=O)CCCCCCC/C=C\CCCCC)COC(OCC[N+](C)(C)C)C(=O)[O-]. The highest BCUT2D eigenvalue weighted by Crippen LogP contribution is 2.12. The maximum absolute atomic E-state index is 12.8. The van der Waals surface area contributed by atoms with Crippen LogP contribution < -0.4 is 5.11 Å². The minimum Gasteiger partial charge on any atom is -0.545 e. The summed E-state index contributed by atoms with van der Waals surface area (Å²) in [5, 5.41) is 11.7. The molecule has 0 N–H and O–H groups in total. The summed E-state index contributed by atoms with van der Waals surface area (Å²) in [5.41, 5.74) is 0. The Morgan fingerprint density at radius 1 is 0.419 bits per heavy atom. The first-order valence-electron chi connectivity index (χ1n) is 28.5. The highest BCUT2D eigenvalue weighted by atomic mass is 16.7. The van der Waals surface area contributed by atoms with Gasteiger partial charge in [-0.2, -0.15) is 0 Å². The molecule has 0 amide bonds. The van der Waals surface area contributed by atoms with E-state index in [1.165, 1.54) is 19.3 Å². The van der Waals surface area contributed by atoms with E-state index in [1.54, 1.807) is 0 Å². The van der Waals surface area contributed by atoms with Crippen molar-refractivity contribution in [2.24, 2.45) is 0 Å². The van der Waals surface area contributed by atoms with Crippen molar-refractivity contribution >= 4 is 17.9 Å². The van der Waals surface area contributed by atoms with E-state index in [-0.39, 0.29) is 38.6 Å². The number of aliphatic carboxylic acids is 1. The number of carbonyl (C=O) groups excluding carboxylic acids is 3. The van der Waals surface area contributed by atoms with Gasteiger partial charge in [0.1, 0.15) is 13.2 Å². The van der Waals surface area contributed by atoms with Gasteiger partial charge in [0.05, 0.1) is 40.3 Å². The quantitative estimate of drug-likeness (QED) is 0.0195. The van der Waals surface area contributed by atoms with Crippen molar-refractivity contribution < 1.29 is 42.9 Å². The van der Waals surface area contributed by atoms with Crippen LogP contribution in [0.15, 0.2) is 146 Å². The summed E-state index contributed by atoms with van der Waals surface area (Å²) in [6.45, 7) is 4.52. The van der Waals surface area contributed by atoms with Gasteiger partial charge in [-0.1, -0.05) is 198 Å². The molecule has 2 atom stereocenters. The number of nitrogens with zero attached hydrogens (tertiary/aromatic N) is 1.